The minimum absolute atomic E-state index is 0.185. The van der Waals surface area contributed by atoms with Crippen LogP contribution < -0.4 is 4.74 Å². The Kier molecular flexibility index (Phi) is 6.89. The van der Waals surface area contributed by atoms with Crippen LogP contribution in [0.15, 0.2) is 54.6 Å². The zero-order valence-corrected chi connectivity index (χ0v) is 16.9. The number of nitrogens with zero attached hydrogens (tertiary/aromatic N) is 2. The maximum Gasteiger partial charge on any atom is 0.282 e. The van der Waals surface area contributed by atoms with Crippen LogP contribution in [0.2, 0.25) is 0 Å². The molecule has 0 unspecified atom stereocenters. The molecule has 0 fully saturated rings. The van der Waals surface area contributed by atoms with Gasteiger partial charge in [-0.25, -0.2) is 17.6 Å². The van der Waals surface area contributed by atoms with E-state index < -0.39 is 24.2 Å². The SMILES string of the molecule is COc1ccc(/C=C/C(=O)c2cccc(C)c2)cc1Cn1nc(C(F)F)cc1C(F)F. The Morgan fingerprint density at radius 2 is 1.87 bits per heavy atom. The first-order valence-corrected chi connectivity index (χ1v) is 9.38. The van der Waals surface area contributed by atoms with Gasteiger partial charge in [-0.3, -0.25) is 9.48 Å². The fourth-order valence-electron chi connectivity index (χ4n) is 3.11. The number of benzene rings is 2. The summed E-state index contributed by atoms with van der Waals surface area (Å²) in [5.41, 5.74) is 1.27. The predicted molar refractivity (Wildman–Crippen MR) is 109 cm³/mol. The van der Waals surface area contributed by atoms with Gasteiger partial charge in [0.05, 0.1) is 13.7 Å². The summed E-state index contributed by atoms with van der Waals surface area (Å²) in [6.07, 6.45) is -2.91. The molecule has 0 N–H and O–H groups in total. The summed E-state index contributed by atoms with van der Waals surface area (Å²) in [4.78, 5) is 12.4. The van der Waals surface area contributed by atoms with Gasteiger partial charge in [-0.15, -0.1) is 0 Å². The summed E-state index contributed by atoms with van der Waals surface area (Å²) in [6.45, 7) is 1.70. The van der Waals surface area contributed by atoms with E-state index in [1.165, 1.54) is 13.2 Å². The Hall–Kier alpha value is -3.42. The molecule has 0 aliphatic rings. The third-order valence-electron chi connectivity index (χ3n) is 4.63. The smallest absolute Gasteiger partial charge is 0.282 e. The van der Waals surface area contributed by atoms with Crippen molar-refractivity contribution in [3.63, 3.8) is 0 Å². The van der Waals surface area contributed by atoms with Crippen molar-refractivity contribution in [2.24, 2.45) is 0 Å². The summed E-state index contributed by atoms with van der Waals surface area (Å²) >= 11 is 0. The molecule has 0 amide bonds. The number of carbonyl (C=O) groups is 1. The molecule has 0 spiro atoms. The molecule has 31 heavy (non-hydrogen) atoms. The number of halogens is 4. The maximum atomic E-state index is 13.3. The second kappa shape index (κ2) is 9.59. The van der Waals surface area contributed by atoms with Gasteiger partial charge in [0.2, 0.25) is 0 Å². The monoisotopic (exact) mass is 432 g/mol. The van der Waals surface area contributed by atoms with E-state index in [1.807, 2.05) is 13.0 Å². The number of hydrogen-bond donors (Lipinski definition) is 0. The molecule has 0 bridgehead atoms. The minimum atomic E-state index is -2.96. The Balaban J connectivity index is 1.89. The number of allylic oxidation sites excluding steroid dienone is 1. The minimum Gasteiger partial charge on any atom is -0.496 e. The van der Waals surface area contributed by atoms with E-state index in [1.54, 1.807) is 42.5 Å². The van der Waals surface area contributed by atoms with Crippen LogP contribution in [0, 0.1) is 6.92 Å². The zero-order chi connectivity index (χ0) is 22.5. The van der Waals surface area contributed by atoms with Crippen LogP contribution in [-0.2, 0) is 6.54 Å². The number of rotatable bonds is 8. The van der Waals surface area contributed by atoms with Crippen LogP contribution >= 0.6 is 0 Å². The van der Waals surface area contributed by atoms with Crippen LogP contribution in [0.5, 0.6) is 5.75 Å². The molecule has 0 saturated heterocycles. The standard InChI is InChI=1S/C23H20F4N2O2/c1-14-4-3-5-16(10-14)20(30)8-6-15-7-9-21(31-2)17(11-15)13-29-19(23(26)27)12-18(28-29)22(24)25/h3-12,22-23H,13H2,1-2H3/b8-6+. The van der Waals surface area contributed by atoms with Crippen LogP contribution in [-0.4, -0.2) is 22.7 Å². The summed E-state index contributed by atoms with van der Waals surface area (Å²) in [5.74, 6) is 0.200. The van der Waals surface area contributed by atoms with Crippen LogP contribution in [0.4, 0.5) is 17.6 Å². The number of ether oxygens (including phenoxy) is 1. The molecule has 3 aromatic rings. The number of ketones is 1. The van der Waals surface area contributed by atoms with Gasteiger partial charge in [0.15, 0.2) is 5.78 Å². The number of alkyl halides is 4. The van der Waals surface area contributed by atoms with Gasteiger partial charge in [0, 0.05) is 11.1 Å². The molecule has 0 saturated carbocycles. The van der Waals surface area contributed by atoms with Gasteiger partial charge in [-0.2, -0.15) is 5.10 Å². The van der Waals surface area contributed by atoms with E-state index in [0.717, 1.165) is 10.2 Å². The van der Waals surface area contributed by atoms with Crippen molar-refractivity contribution < 1.29 is 27.1 Å². The van der Waals surface area contributed by atoms with Crippen molar-refractivity contribution in [2.75, 3.05) is 7.11 Å². The van der Waals surface area contributed by atoms with Gasteiger partial charge in [0.25, 0.3) is 12.9 Å². The van der Waals surface area contributed by atoms with Gasteiger partial charge in [-0.05, 0) is 42.8 Å². The first-order valence-electron chi connectivity index (χ1n) is 9.38. The van der Waals surface area contributed by atoms with Crippen LogP contribution in [0.3, 0.4) is 0 Å². The number of carbonyl (C=O) groups excluding carboxylic acids is 1. The van der Waals surface area contributed by atoms with E-state index in [9.17, 15) is 22.4 Å². The largest absolute Gasteiger partial charge is 0.496 e. The summed E-state index contributed by atoms with van der Waals surface area (Å²) in [6, 6.07) is 12.8. The molecule has 1 aromatic heterocycles. The van der Waals surface area contributed by atoms with Gasteiger partial charge >= 0.3 is 0 Å². The van der Waals surface area contributed by atoms with Crippen molar-refractivity contribution in [1.29, 1.82) is 0 Å². The zero-order valence-electron chi connectivity index (χ0n) is 16.9. The topological polar surface area (TPSA) is 44.1 Å². The lowest BCUT2D eigenvalue weighted by molar-refractivity contribution is 0.104. The fraction of sp³-hybridized carbons (Fsp3) is 0.217. The number of hydrogen-bond acceptors (Lipinski definition) is 3. The van der Waals surface area contributed by atoms with E-state index in [-0.39, 0.29) is 12.3 Å². The molecule has 0 atom stereocenters. The summed E-state index contributed by atoms with van der Waals surface area (Å²) in [5, 5.41) is 3.61. The number of methoxy groups -OCH3 is 1. The van der Waals surface area contributed by atoms with Crippen molar-refractivity contribution in [3.05, 3.63) is 88.2 Å². The van der Waals surface area contributed by atoms with Crippen LogP contribution in [0.1, 0.15) is 51.3 Å². The third kappa shape index (κ3) is 5.39. The average molecular weight is 432 g/mol. The lowest BCUT2D eigenvalue weighted by Gasteiger charge is -2.12. The quantitative estimate of drug-likeness (QED) is 0.248. The summed E-state index contributed by atoms with van der Waals surface area (Å²) < 4.78 is 58.5. The third-order valence-corrected chi connectivity index (χ3v) is 4.63. The van der Waals surface area contributed by atoms with E-state index in [2.05, 4.69) is 5.10 Å². The number of aromatic nitrogens is 2. The van der Waals surface area contributed by atoms with Crippen LogP contribution in [0.25, 0.3) is 6.08 Å². The second-order valence-corrected chi connectivity index (χ2v) is 6.89. The van der Waals surface area contributed by atoms with Crippen molar-refractivity contribution >= 4 is 11.9 Å². The first-order chi connectivity index (χ1) is 14.8. The lowest BCUT2D eigenvalue weighted by atomic mass is 10.1. The highest BCUT2D eigenvalue weighted by molar-refractivity contribution is 6.06. The molecular formula is C23H20F4N2O2. The molecular weight excluding hydrogens is 412 g/mol. The molecule has 8 heteroatoms. The Morgan fingerprint density at radius 1 is 1.10 bits per heavy atom. The lowest BCUT2D eigenvalue weighted by Crippen LogP contribution is -2.08. The van der Waals surface area contributed by atoms with Gasteiger partial charge < -0.3 is 4.74 Å². The fourth-order valence-corrected chi connectivity index (χ4v) is 3.11. The van der Waals surface area contributed by atoms with Crippen molar-refractivity contribution in [2.45, 2.75) is 26.3 Å². The van der Waals surface area contributed by atoms with Gasteiger partial charge in [0.1, 0.15) is 17.1 Å². The van der Waals surface area contributed by atoms with E-state index in [4.69, 9.17) is 4.74 Å². The molecule has 2 aromatic carbocycles. The van der Waals surface area contributed by atoms with Crippen molar-refractivity contribution in [1.82, 2.24) is 9.78 Å². The molecule has 0 aliphatic heterocycles. The average Bonchev–Trinajstić information content (AvgIpc) is 3.16. The second-order valence-electron chi connectivity index (χ2n) is 6.89. The highest BCUT2D eigenvalue weighted by Crippen LogP contribution is 2.28. The maximum absolute atomic E-state index is 13.3. The molecule has 162 valence electrons. The van der Waals surface area contributed by atoms with E-state index in [0.29, 0.717) is 28.5 Å². The van der Waals surface area contributed by atoms with Gasteiger partial charge in [-0.1, -0.05) is 35.9 Å². The molecule has 1 heterocycles. The van der Waals surface area contributed by atoms with E-state index >= 15 is 0 Å². The highest BCUT2D eigenvalue weighted by Gasteiger charge is 2.22. The Morgan fingerprint density at radius 3 is 2.52 bits per heavy atom. The normalized spacial score (nSPS) is 11.6. The Bertz CT molecular complexity index is 1110. The molecule has 0 aliphatic carbocycles. The molecule has 3 rings (SSSR count). The predicted octanol–water partition coefficient (Wildman–Crippen LogP) is 6.02. The molecule has 4 nitrogen and oxygen atoms in total. The number of aryl methyl sites for hydroxylation is 1. The highest BCUT2D eigenvalue weighted by atomic mass is 19.3. The summed E-state index contributed by atoms with van der Waals surface area (Å²) in [7, 11) is 1.41. The van der Waals surface area contributed by atoms with Crippen molar-refractivity contribution in [3.8, 4) is 5.75 Å². The molecule has 0 radical (unpaired) electrons. The Labute approximate surface area is 176 Å². The first kappa shape index (κ1) is 22.3.